The van der Waals surface area contributed by atoms with Gasteiger partial charge in [0.15, 0.2) is 0 Å². The van der Waals surface area contributed by atoms with Gasteiger partial charge >= 0.3 is 0 Å². The number of sulfone groups is 1. The van der Waals surface area contributed by atoms with E-state index in [0.29, 0.717) is 11.4 Å². The first-order valence-corrected chi connectivity index (χ1v) is 8.44. The summed E-state index contributed by atoms with van der Waals surface area (Å²) >= 11 is 0. The molecule has 118 valence electrons. The van der Waals surface area contributed by atoms with E-state index in [1.807, 2.05) is 36.4 Å². The highest BCUT2D eigenvalue weighted by atomic mass is 32.2. The van der Waals surface area contributed by atoms with E-state index in [1.165, 1.54) is 24.3 Å². The average molecular weight is 326 g/mol. The van der Waals surface area contributed by atoms with Gasteiger partial charge in [-0.3, -0.25) is 0 Å². The third-order valence-electron chi connectivity index (χ3n) is 3.00. The molecular formula is C18H18N2O2S. The Hall–Kier alpha value is -2.79. The minimum atomic E-state index is -3.54. The zero-order valence-corrected chi connectivity index (χ0v) is 13.3. The number of hydrogen-bond donors (Lipinski definition) is 2. The minimum absolute atomic E-state index is 0.170. The Morgan fingerprint density at radius 1 is 0.565 bits per heavy atom. The summed E-state index contributed by atoms with van der Waals surface area (Å²) in [5.41, 5.74) is 12.0. The van der Waals surface area contributed by atoms with Gasteiger partial charge in [-0.2, -0.15) is 0 Å². The third kappa shape index (κ3) is 4.59. The third-order valence-corrected chi connectivity index (χ3v) is 4.75. The zero-order chi connectivity index (χ0) is 16.7. The monoisotopic (exact) mass is 326 g/mol. The van der Waals surface area contributed by atoms with Crippen molar-refractivity contribution in [3.8, 4) is 0 Å². The van der Waals surface area contributed by atoms with Crippen molar-refractivity contribution in [3.63, 3.8) is 0 Å². The van der Waals surface area contributed by atoms with E-state index in [2.05, 4.69) is 0 Å². The second kappa shape index (κ2) is 7.47. The van der Waals surface area contributed by atoms with Gasteiger partial charge in [0.25, 0.3) is 0 Å². The molecule has 3 rings (SSSR count). The van der Waals surface area contributed by atoms with Crippen molar-refractivity contribution in [1.29, 1.82) is 0 Å². The van der Waals surface area contributed by atoms with E-state index in [-0.39, 0.29) is 9.79 Å². The summed E-state index contributed by atoms with van der Waals surface area (Å²) in [6.45, 7) is 0. The summed E-state index contributed by atoms with van der Waals surface area (Å²) in [5, 5.41) is 0. The molecule has 0 bridgehead atoms. The molecule has 3 aromatic carbocycles. The highest BCUT2D eigenvalue weighted by Crippen LogP contribution is 2.23. The second-order valence-electron chi connectivity index (χ2n) is 4.80. The molecule has 0 unspecified atom stereocenters. The van der Waals surface area contributed by atoms with E-state index in [1.54, 1.807) is 24.3 Å². The molecule has 0 fully saturated rings. The highest BCUT2D eigenvalue weighted by Gasteiger charge is 2.17. The molecule has 0 radical (unpaired) electrons. The fourth-order valence-corrected chi connectivity index (χ4v) is 3.25. The van der Waals surface area contributed by atoms with Crippen molar-refractivity contribution in [2.24, 2.45) is 0 Å². The fourth-order valence-electron chi connectivity index (χ4n) is 1.88. The number of anilines is 2. The Bertz CT molecular complexity index is 785. The van der Waals surface area contributed by atoms with Crippen LogP contribution in [0.3, 0.4) is 0 Å². The lowest BCUT2D eigenvalue weighted by molar-refractivity contribution is 0.596. The zero-order valence-electron chi connectivity index (χ0n) is 12.5. The quantitative estimate of drug-likeness (QED) is 0.707. The van der Waals surface area contributed by atoms with E-state index in [0.717, 1.165) is 0 Å². The van der Waals surface area contributed by atoms with Gasteiger partial charge in [0.2, 0.25) is 9.84 Å². The minimum Gasteiger partial charge on any atom is -0.399 e. The Labute approximate surface area is 136 Å². The molecule has 0 heterocycles. The lowest BCUT2D eigenvalue weighted by Crippen LogP contribution is -2.03. The van der Waals surface area contributed by atoms with Crippen molar-refractivity contribution in [2.75, 3.05) is 11.5 Å². The van der Waals surface area contributed by atoms with Crippen molar-refractivity contribution in [2.45, 2.75) is 9.79 Å². The number of hydrogen-bond acceptors (Lipinski definition) is 4. The standard InChI is InChI=1S/C12H12N2O2S.C6H6/c13-9-3-1-5-11(7-9)17(15,16)12-6-2-4-10(14)8-12;1-2-4-6-5-3-1/h1-8H,13-14H2;1-6H. The fraction of sp³-hybridized carbons (Fsp3) is 0. The first kappa shape index (κ1) is 16.6. The lowest BCUT2D eigenvalue weighted by Gasteiger charge is -2.05. The largest absolute Gasteiger partial charge is 0.399 e. The van der Waals surface area contributed by atoms with Crippen molar-refractivity contribution in [3.05, 3.63) is 84.9 Å². The Morgan fingerprint density at radius 2 is 0.913 bits per heavy atom. The van der Waals surface area contributed by atoms with Gasteiger partial charge in [-0.25, -0.2) is 8.42 Å². The first-order valence-electron chi connectivity index (χ1n) is 6.96. The molecule has 0 spiro atoms. The van der Waals surface area contributed by atoms with Gasteiger partial charge in [0.05, 0.1) is 9.79 Å². The van der Waals surface area contributed by atoms with Crippen LogP contribution in [0, 0.1) is 0 Å². The smallest absolute Gasteiger partial charge is 0.206 e. The normalized spacial score (nSPS) is 10.4. The van der Waals surface area contributed by atoms with Crippen LogP contribution in [0.5, 0.6) is 0 Å². The molecule has 0 aliphatic carbocycles. The topological polar surface area (TPSA) is 86.2 Å². The molecular weight excluding hydrogens is 308 g/mol. The Morgan fingerprint density at radius 3 is 1.22 bits per heavy atom. The summed E-state index contributed by atoms with van der Waals surface area (Å²) < 4.78 is 24.5. The van der Waals surface area contributed by atoms with Crippen LogP contribution < -0.4 is 11.5 Å². The summed E-state index contributed by atoms with van der Waals surface area (Å²) in [7, 11) is -3.54. The molecule has 4 N–H and O–H groups in total. The maximum absolute atomic E-state index is 12.2. The van der Waals surface area contributed by atoms with Crippen molar-refractivity contribution in [1.82, 2.24) is 0 Å². The van der Waals surface area contributed by atoms with Gasteiger partial charge in [-0.15, -0.1) is 0 Å². The number of benzene rings is 3. The van der Waals surface area contributed by atoms with E-state index in [9.17, 15) is 8.42 Å². The molecule has 0 aliphatic heterocycles. The molecule has 0 atom stereocenters. The molecule has 0 saturated heterocycles. The number of nitrogen functional groups attached to an aromatic ring is 2. The van der Waals surface area contributed by atoms with E-state index < -0.39 is 9.84 Å². The SMILES string of the molecule is Nc1cccc(S(=O)(=O)c2cccc(N)c2)c1.c1ccccc1. The molecule has 0 amide bonds. The Kier molecular flexibility index (Phi) is 5.38. The van der Waals surface area contributed by atoms with Crippen LogP contribution in [0.1, 0.15) is 0 Å². The molecule has 5 heteroatoms. The van der Waals surface area contributed by atoms with Crippen LogP contribution in [0.25, 0.3) is 0 Å². The average Bonchev–Trinajstić information content (AvgIpc) is 2.57. The van der Waals surface area contributed by atoms with Crippen LogP contribution in [0.4, 0.5) is 11.4 Å². The van der Waals surface area contributed by atoms with Gasteiger partial charge < -0.3 is 11.5 Å². The molecule has 0 saturated carbocycles. The summed E-state index contributed by atoms with van der Waals surface area (Å²) in [4.78, 5) is 0.339. The molecule has 4 nitrogen and oxygen atoms in total. The summed E-state index contributed by atoms with van der Waals surface area (Å²) in [6, 6.07) is 24.4. The van der Waals surface area contributed by atoms with Crippen molar-refractivity contribution >= 4 is 21.2 Å². The van der Waals surface area contributed by atoms with Gasteiger partial charge in [0, 0.05) is 11.4 Å². The van der Waals surface area contributed by atoms with Gasteiger partial charge in [-0.1, -0.05) is 48.5 Å². The van der Waals surface area contributed by atoms with Gasteiger partial charge in [0.1, 0.15) is 0 Å². The van der Waals surface area contributed by atoms with Crippen LogP contribution in [-0.2, 0) is 9.84 Å². The molecule has 0 aromatic heterocycles. The molecule has 23 heavy (non-hydrogen) atoms. The van der Waals surface area contributed by atoms with Crippen LogP contribution in [0.15, 0.2) is 94.7 Å². The second-order valence-corrected chi connectivity index (χ2v) is 6.75. The number of rotatable bonds is 2. The van der Waals surface area contributed by atoms with Crippen LogP contribution in [0.2, 0.25) is 0 Å². The van der Waals surface area contributed by atoms with E-state index >= 15 is 0 Å². The van der Waals surface area contributed by atoms with Crippen molar-refractivity contribution < 1.29 is 8.42 Å². The van der Waals surface area contributed by atoms with Crippen LogP contribution in [-0.4, -0.2) is 8.42 Å². The van der Waals surface area contributed by atoms with E-state index in [4.69, 9.17) is 11.5 Å². The lowest BCUT2D eigenvalue weighted by atomic mass is 10.3. The predicted octanol–water partition coefficient (Wildman–Crippen LogP) is 3.37. The predicted molar refractivity (Wildman–Crippen MR) is 93.6 cm³/mol. The van der Waals surface area contributed by atoms with Gasteiger partial charge in [-0.05, 0) is 36.4 Å². The summed E-state index contributed by atoms with van der Waals surface area (Å²) in [5.74, 6) is 0. The molecule has 3 aromatic rings. The molecule has 0 aliphatic rings. The maximum Gasteiger partial charge on any atom is 0.206 e. The maximum atomic E-state index is 12.2. The number of nitrogens with two attached hydrogens (primary N) is 2. The summed E-state index contributed by atoms with van der Waals surface area (Å²) in [6.07, 6.45) is 0. The first-order chi connectivity index (χ1) is 11.0. The highest BCUT2D eigenvalue weighted by molar-refractivity contribution is 7.91. The Balaban J connectivity index is 0.000000268. The van der Waals surface area contributed by atoms with Crippen LogP contribution >= 0.6 is 0 Å².